The van der Waals surface area contributed by atoms with Crippen LogP contribution in [0.1, 0.15) is 31.9 Å². The standard InChI is InChI=1S/C26H24Cl2N2O3/c1-17-14-25(21-10-6-7-11-24(21)29(17)18(2)31)30(19-8-4-3-5-9-19)26(32)16-33-20-12-13-22(27)23(28)15-20/h3-13,15,17,25H,14,16H2,1-2H3. The SMILES string of the molecule is CC(=O)N1c2ccccc2C(N(C(=O)COc2ccc(Cl)c(Cl)c2)c2ccccc2)CC1C. The number of ether oxygens (including phenoxy) is 1. The van der Waals surface area contributed by atoms with Gasteiger partial charge in [-0.3, -0.25) is 9.59 Å². The highest BCUT2D eigenvalue weighted by Crippen LogP contribution is 2.42. The van der Waals surface area contributed by atoms with Gasteiger partial charge in [-0.25, -0.2) is 0 Å². The Morgan fingerprint density at radius 1 is 1.00 bits per heavy atom. The fourth-order valence-corrected chi connectivity index (χ4v) is 4.66. The van der Waals surface area contributed by atoms with Crippen molar-refractivity contribution in [2.45, 2.75) is 32.4 Å². The van der Waals surface area contributed by atoms with Crippen molar-refractivity contribution >= 4 is 46.4 Å². The van der Waals surface area contributed by atoms with Gasteiger partial charge in [-0.15, -0.1) is 0 Å². The van der Waals surface area contributed by atoms with E-state index in [1.165, 1.54) is 0 Å². The summed E-state index contributed by atoms with van der Waals surface area (Å²) in [4.78, 5) is 29.5. The highest BCUT2D eigenvalue weighted by atomic mass is 35.5. The normalized spacial score (nSPS) is 17.3. The lowest BCUT2D eigenvalue weighted by Gasteiger charge is -2.43. The summed E-state index contributed by atoms with van der Waals surface area (Å²) in [6.07, 6.45) is 0.601. The summed E-state index contributed by atoms with van der Waals surface area (Å²) in [6, 6.07) is 21.8. The van der Waals surface area contributed by atoms with Crippen molar-refractivity contribution in [3.63, 3.8) is 0 Å². The van der Waals surface area contributed by atoms with E-state index in [9.17, 15) is 9.59 Å². The van der Waals surface area contributed by atoms with Gasteiger partial charge in [-0.05, 0) is 49.2 Å². The highest BCUT2D eigenvalue weighted by Gasteiger charge is 2.37. The van der Waals surface area contributed by atoms with Gasteiger partial charge in [0.2, 0.25) is 5.91 Å². The van der Waals surface area contributed by atoms with Gasteiger partial charge in [0.25, 0.3) is 5.91 Å². The molecule has 0 aliphatic carbocycles. The number of halogens is 2. The summed E-state index contributed by atoms with van der Waals surface area (Å²) in [7, 11) is 0. The van der Waals surface area contributed by atoms with Crippen molar-refractivity contribution in [3.05, 3.63) is 88.4 Å². The van der Waals surface area contributed by atoms with Crippen LogP contribution >= 0.6 is 23.2 Å². The minimum Gasteiger partial charge on any atom is -0.484 e. The van der Waals surface area contributed by atoms with Gasteiger partial charge in [0.1, 0.15) is 5.75 Å². The molecule has 0 fully saturated rings. The van der Waals surface area contributed by atoms with E-state index >= 15 is 0 Å². The van der Waals surface area contributed by atoms with E-state index in [4.69, 9.17) is 27.9 Å². The maximum Gasteiger partial charge on any atom is 0.265 e. The molecule has 2 amide bonds. The van der Waals surface area contributed by atoms with Crippen LogP contribution in [-0.4, -0.2) is 24.5 Å². The first kappa shape index (κ1) is 23.1. The van der Waals surface area contributed by atoms with E-state index in [-0.39, 0.29) is 30.5 Å². The first-order valence-electron chi connectivity index (χ1n) is 10.7. The number of hydrogen-bond donors (Lipinski definition) is 0. The Morgan fingerprint density at radius 2 is 1.70 bits per heavy atom. The van der Waals surface area contributed by atoms with Gasteiger partial charge in [-0.2, -0.15) is 0 Å². The number of amides is 2. The predicted molar refractivity (Wildman–Crippen MR) is 132 cm³/mol. The van der Waals surface area contributed by atoms with E-state index in [1.54, 1.807) is 34.9 Å². The third kappa shape index (κ3) is 4.85. The predicted octanol–water partition coefficient (Wildman–Crippen LogP) is 6.29. The van der Waals surface area contributed by atoms with Crippen LogP contribution in [0.4, 0.5) is 11.4 Å². The average Bonchev–Trinajstić information content (AvgIpc) is 2.80. The van der Waals surface area contributed by atoms with Crippen LogP contribution in [-0.2, 0) is 9.59 Å². The van der Waals surface area contributed by atoms with E-state index in [0.717, 1.165) is 16.9 Å². The van der Waals surface area contributed by atoms with Crippen molar-refractivity contribution in [2.24, 2.45) is 0 Å². The molecule has 0 saturated heterocycles. The quantitative estimate of drug-likeness (QED) is 0.429. The molecule has 4 rings (SSSR count). The van der Waals surface area contributed by atoms with Gasteiger partial charge in [0.15, 0.2) is 6.61 Å². The lowest BCUT2D eigenvalue weighted by Crippen LogP contribution is -2.48. The van der Waals surface area contributed by atoms with Crippen molar-refractivity contribution < 1.29 is 14.3 Å². The zero-order chi connectivity index (χ0) is 23.5. The number of fused-ring (bicyclic) bond motifs is 1. The topological polar surface area (TPSA) is 49.9 Å². The summed E-state index contributed by atoms with van der Waals surface area (Å²) >= 11 is 12.1. The zero-order valence-corrected chi connectivity index (χ0v) is 19.9. The molecule has 1 heterocycles. The Hall–Kier alpha value is -3.02. The van der Waals surface area contributed by atoms with Gasteiger partial charge in [-0.1, -0.05) is 59.6 Å². The molecule has 0 bridgehead atoms. The van der Waals surface area contributed by atoms with E-state index in [1.807, 2.05) is 61.5 Å². The summed E-state index contributed by atoms with van der Waals surface area (Å²) in [5.41, 5.74) is 2.52. The first-order valence-corrected chi connectivity index (χ1v) is 11.5. The molecule has 0 spiro atoms. The minimum absolute atomic E-state index is 0.0195. The number of nitrogens with zero attached hydrogens (tertiary/aromatic N) is 2. The molecule has 2 atom stereocenters. The molecule has 0 aromatic heterocycles. The Balaban J connectivity index is 1.69. The number of para-hydroxylation sites is 2. The largest absolute Gasteiger partial charge is 0.484 e. The minimum atomic E-state index is -0.251. The van der Waals surface area contributed by atoms with Crippen molar-refractivity contribution in [1.82, 2.24) is 0 Å². The maximum absolute atomic E-state index is 13.6. The van der Waals surface area contributed by atoms with Gasteiger partial charge in [0.05, 0.1) is 16.1 Å². The van der Waals surface area contributed by atoms with E-state index in [0.29, 0.717) is 22.2 Å². The smallest absolute Gasteiger partial charge is 0.265 e. The highest BCUT2D eigenvalue weighted by molar-refractivity contribution is 6.42. The fraction of sp³-hybridized carbons (Fsp3) is 0.231. The van der Waals surface area contributed by atoms with Gasteiger partial charge >= 0.3 is 0 Å². The molecular formula is C26H24Cl2N2O3. The van der Waals surface area contributed by atoms with Crippen LogP contribution in [0.25, 0.3) is 0 Å². The number of rotatable bonds is 5. The van der Waals surface area contributed by atoms with Crippen molar-refractivity contribution in [3.8, 4) is 5.75 Å². The molecule has 3 aromatic carbocycles. The van der Waals surface area contributed by atoms with Crippen LogP contribution in [0.15, 0.2) is 72.8 Å². The second-order valence-corrected chi connectivity index (χ2v) is 8.83. The van der Waals surface area contributed by atoms with Gasteiger partial charge < -0.3 is 14.5 Å². The molecule has 33 heavy (non-hydrogen) atoms. The van der Waals surface area contributed by atoms with Crippen LogP contribution in [0.3, 0.4) is 0 Å². The maximum atomic E-state index is 13.6. The number of carbonyl (C=O) groups excluding carboxylic acids is 2. The van der Waals surface area contributed by atoms with Crippen LogP contribution in [0.5, 0.6) is 5.75 Å². The lowest BCUT2D eigenvalue weighted by atomic mass is 9.90. The van der Waals surface area contributed by atoms with E-state index in [2.05, 4.69) is 0 Å². The molecule has 0 N–H and O–H groups in total. The number of carbonyl (C=O) groups is 2. The van der Waals surface area contributed by atoms with Gasteiger partial charge in [0, 0.05) is 30.4 Å². The Labute approximate surface area is 203 Å². The first-order chi connectivity index (χ1) is 15.9. The third-order valence-electron chi connectivity index (χ3n) is 5.77. The van der Waals surface area contributed by atoms with Crippen LogP contribution in [0.2, 0.25) is 10.0 Å². The Kier molecular flexibility index (Phi) is 6.91. The number of benzene rings is 3. The number of anilines is 2. The molecule has 3 aromatic rings. The molecule has 0 saturated carbocycles. The lowest BCUT2D eigenvalue weighted by molar-refractivity contribution is -0.121. The molecular weight excluding hydrogens is 459 g/mol. The average molecular weight is 483 g/mol. The summed E-state index contributed by atoms with van der Waals surface area (Å²) < 4.78 is 5.77. The number of hydrogen-bond acceptors (Lipinski definition) is 3. The van der Waals surface area contributed by atoms with Crippen LogP contribution < -0.4 is 14.5 Å². The molecule has 170 valence electrons. The van der Waals surface area contributed by atoms with Crippen LogP contribution in [0, 0.1) is 0 Å². The monoisotopic (exact) mass is 482 g/mol. The molecule has 1 aliphatic heterocycles. The fourth-order valence-electron chi connectivity index (χ4n) is 4.37. The summed E-state index contributed by atoms with van der Waals surface area (Å²) in [5, 5.41) is 0.782. The molecule has 0 radical (unpaired) electrons. The van der Waals surface area contributed by atoms with Crippen molar-refractivity contribution in [1.29, 1.82) is 0 Å². The van der Waals surface area contributed by atoms with Crippen molar-refractivity contribution in [2.75, 3.05) is 16.4 Å². The molecule has 1 aliphatic rings. The molecule has 7 heteroatoms. The molecule has 2 unspecified atom stereocenters. The summed E-state index contributed by atoms with van der Waals surface area (Å²) in [5.74, 6) is 0.246. The van der Waals surface area contributed by atoms with E-state index < -0.39 is 0 Å². The third-order valence-corrected chi connectivity index (χ3v) is 6.51. The Bertz CT molecular complexity index is 1170. The molecule has 5 nitrogen and oxygen atoms in total. The summed E-state index contributed by atoms with van der Waals surface area (Å²) in [6.45, 7) is 3.40. The second kappa shape index (κ2) is 9.86. The second-order valence-electron chi connectivity index (χ2n) is 8.01. The Morgan fingerprint density at radius 3 is 2.39 bits per heavy atom. The zero-order valence-electron chi connectivity index (χ0n) is 18.4.